The minimum absolute atomic E-state index is 0.0675. The largest absolute Gasteiger partial charge is 0.497 e. The monoisotopic (exact) mass is 660 g/mol. The van der Waals surface area contributed by atoms with Gasteiger partial charge in [-0.1, -0.05) is 88.4 Å². The Hall–Kier alpha value is -4.57. The summed E-state index contributed by atoms with van der Waals surface area (Å²) in [6, 6.07) is 28.0. The molecule has 2 aliphatic rings. The Labute approximate surface area is 281 Å². The number of carbonyl (C=O) groups is 1. The third kappa shape index (κ3) is 4.83. The zero-order valence-electron chi connectivity index (χ0n) is 28.0. The summed E-state index contributed by atoms with van der Waals surface area (Å²) < 4.78 is 19.7. The number of ether oxygens (including phenoxy) is 2. The fraction of sp³-hybridized carbons (Fsp3) is 0.308. The van der Waals surface area contributed by atoms with Crippen molar-refractivity contribution in [1.29, 1.82) is 0 Å². The Balaban J connectivity index is 1.31. The molecule has 1 N–H and O–H groups in total. The minimum Gasteiger partial charge on any atom is -0.497 e. The van der Waals surface area contributed by atoms with Gasteiger partial charge in [0.1, 0.15) is 12.4 Å². The van der Waals surface area contributed by atoms with E-state index in [9.17, 15) is 14.7 Å². The van der Waals surface area contributed by atoms with Crippen LogP contribution in [0.2, 0.25) is 5.04 Å². The van der Waals surface area contributed by atoms with Crippen LogP contribution in [0.5, 0.6) is 5.75 Å². The molecule has 2 aliphatic heterocycles. The smallest absolute Gasteiger partial charge is 0.343 e. The predicted molar refractivity (Wildman–Crippen MR) is 188 cm³/mol. The second-order valence-corrected chi connectivity index (χ2v) is 18.0. The maximum Gasteiger partial charge on any atom is 0.343 e. The van der Waals surface area contributed by atoms with Crippen LogP contribution in [-0.2, 0) is 39.1 Å². The van der Waals surface area contributed by atoms with Crippen molar-refractivity contribution >= 4 is 35.6 Å². The van der Waals surface area contributed by atoms with Crippen LogP contribution in [0.4, 0.5) is 0 Å². The number of rotatable bonds is 8. The number of hydrogen-bond donors (Lipinski definition) is 1. The van der Waals surface area contributed by atoms with Gasteiger partial charge in [0, 0.05) is 29.5 Å². The molecule has 2 aromatic heterocycles. The first-order valence-electron chi connectivity index (χ1n) is 16.4. The lowest BCUT2D eigenvalue weighted by Gasteiger charge is -2.43. The molecule has 0 saturated carbocycles. The maximum absolute atomic E-state index is 14.1. The Morgan fingerprint density at radius 3 is 2.23 bits per heavy atom. The van der Waals surface area contributed by atoms with E-state index in [1.807, 2.05) is 54.6 Å². The Bertz CT molecular complexity index is 2070. The average Bonchev–Trinajstić information content (AvgIpc) is 3.46. The van der Waals surface area contributed by atoms with Gasteiger partial charge in [-0.25, -0.2) is 9.78 Å². The molecule has 0 spiro atoms. The molecule has 48 heavy (non-hydrogen) atoms. The fourth-order valence-corrected chi connectivity index (χ4v) is 12.3. The van der Waals surface area contributed by atoms with Crippen molar-refractivity contribution in [2.75, 3.05) is 13.7 Å². The molecule has 4 heterocycles. The van der Waals surface area contributed by atoms with E-state index in [1.54, 1.807) is 17.7 Å². The molecule has 246 valence electrons. The van der Waals surface area contributed by atoms with Gasteiger partial charge in [-0.2, -0.15) is 0 Å². The molecule has 8 nitrogen and oxygen atoms in total. The number of esters is 1. The highest BCUT2D eigenvalue weighted by atomic mass is 28.4. The van der Waals surface area contributed by atoms with Crippen molar-refractivity contribution in [3.63, 3.8) is 0 Å². The number of fused-ring (bicyclic) bond motifs is 5. The van der Waals surface area contributed by atoms with Crippen LogP contribution in [-0.4, -0.2) is 42.7 Å². The van der Waals surface area contributed by atoms with E-state index >= 15 is 0 Å². The number of aryl methyl sites for hydroxylation is 1. The summed E-state index contributed by atoms with van der Waals surface area (Å²) in [6.07, 6.45) is 0.659. The summed E-state index contributed by atoms with van der Waals surface area (Å²) in [4.78, 5) is 32.6. The number of nitrogens with zero attached hydrogens (tertiary/aromatic N) is 2. The van der Waals surface area contributed by atoms with Gasteiger partial charge in [0.2, 0.25) is 0 Å². The summed E-state index contributed by atoms with van der Waals surface area (Å²) in [7, 11) is -1.31. The van der Waals surface area contributed by atoms with E-state index in [0.717, 1.165) is 44.6 Å². The van der Waals surface area contributed by atoms with Crippen LogP contribution in [0.3, 0.4) is 0 Å². The topological polar surface area (TPSA) is 99.9 Å². The van der Waals surface area contributed by atoms with E-state index in [4.69, 9.17) is 18.9 Å². The zero-order valence-corrected chi connectivity index (χ0v) is 29.0. The molecular formula is C39H40N2O6Si. The second kappa shape index (κ2) is 11.8. The van der Waals surface area contributed by atoms with Crippen molar-refractivity contribution in [2.24, 2.45) is 0 Å². The lowest BCUT2D eigenvalue weighted by atomic mass is 9.85. The number of pyridine rings is 2. The number of benzene rings is 3. The van der Waals surface area contributed by atoms with Gasteiger partial charge in [-0.15, -0.1) is 0 Å². The van der Waals surface area contributed by atoms with Crippen LogP contribution < -0.4 is 20.7 Å². The SMILES string of the molecule is CCc1c2c(nc3ccc(OC)cc13)-c1cc3c(c(=O)n1C2)COC(=O)[C@]3(O)CCO[Si](c1ccccc1)(c1ccccc1)C(C)(C)C. The van der Waals surface area contributed by atoms with E-state index in [2.05, 4.69) is 52.0 Å². The Morgan fingerprint density at radius 2 is 1.62 bits per heavy atom. The van der Waals surface area contributed by atoms with E-state index in [1.165, 1.54) is 0 Å². The molecule has 0 aliphatic carbocycles. The molecule has 0 saturated heterocycles. The molecule has 0 fully saturated rings. The highest BCUT2D eigenvalue weighted by Crippen LogP contribution is 2.42. The number of hydrogen-bond acceptors (Lipinski definition) is 7. The van der Waals surface area contributed by atoms with E-state index < -0.39 is 19.9 Å². The van der Waals surface area contributed by atoms with Gasteiger partial charge in [0.05, 0.1) is 36.1 Å². The zero-order chi connectivity index (χ0) is 33.8. The van der Waals surface area contributed by atoms with Crippen molar-refractivity contribution < 1.29 is 23.8 Å². The number of methoxy groups -OCH3 is 1. The van der Waals surface area contributed by atoms with Crippen molar-refractivity contribution in [1.82, 2.24) is 9.55 Å². The predicted octanol–water partition coefficient (Wildman–Crippen LogP) is 5.21. The van der Waals surface area contributed by atoms with Crippen molar-refractivity contribution in [3.05, 3.63) is 118 Å². The maximum atomic E-state index is 14.1. The van der Waals surface area contributed by atoms with Crippen molar-refractivity contribution in [3.8, 4) is 17.1 Å². The standard InChI is InChI=1S/C39H40N2O6Si/c1-6-28-29-21-25(45-5)17-18-33(29)40-35-30(28)23-41-34(35)22-32-31(36(41)42)24-46-37(43)39(32,44)19-20-47-48(38(2,3)4,26-13-9-7-10-14-26)27-15-11-8-12-16-27/h7-18,21-22,44H,6,19-20,23-24H2,1-5H3/t39-/m0/s1. The summed E-state index contributed by atoms with van der Waals surface area (Å²) >= 11 is 0. The molecule has 0 unspecified atom stereocenters. The van der Waals surface area contributed by atoms with Gasteiger partial charge in [0.25, 0.3) is 13.9 Å². The van der Waals surface area contributed by atoms with Gasteiger partial charge in [0.15, 0.2) is 5.60 Å². The first kappa shape index (κ1) is 32.0. The first-order valence-corrected chi connectivity index (χ1v) is 18.4. The molecule has 7 rings (SSSR count). The molecule has 0 radical (unpaired) electrons. The summed E-state index contributed by atoms with van der Waals surface area (Å²) in [5.74, 6) is -0.0421. The molecule has 1 atom stereocenters. The highest BCUT2D eigenvalue weighted by molar-refractivity contribution is 6.99. The van der Waals surface area contributed by atoms with Crippen LogP contribution in [0.15, 0.2) is 89.7 Å². The number of cyclic esters (lactones) is 1. The van der Waals surface area contributed by atoms with E-state index in [-0.39, 0.29) is 41.4 Å². The number of aliphatic hydroxyl groups is 1. The van der Waals surface area contributed by atoms with Gasteiger partial charge >= 0.3 is 5.97 Å². The highest BCUT2D eigenvalue weighted by Gasteiger charge is 2.52. The third-order valence-electron chi connectivity index (χ3n) is 10.1. The molecule has 0 bridgehead atoms. The molecular weight excluding hydrogens is 621 g/mol. The molecule has 9 heteroatoms. The summed E-state index contributed by atoms with van der Waals surface area (Å²) in [5, 5.41) is 15.1. The van der Waals surface area contributed by atoms with Gasteiger partial charge in [-0.3, -0.25) is 4.79 Å². The molecule has 5 aromatic rings. The van der Waals surface area contributed by atoms with E-state index in [0.29, 0.717) is 17.9 Å². The Kier molecular flexibility index (Phi) is 7.89. The van der Waals surface area contributed by atoms with Crippen molar-refractivity contribution in [2.45, 2.75) is 64.3 Å². The van der Waals surface area contributed by atoms with Crippen LogP contribution in [0.1, 0.15) is 56.4 Å². The molecule has 0 amide bonds. The van der Waals surface area contributed by atoms with Gasteiger partial charge in [-0.05, 0) is 51.7 Å². The van der Waals surface area contributed by atoms with Crippen LogP contribution >= 0.6 is 0 Å². The first-order chi connectivity index (χ1) is 23.0. The normalized spacial score (nSPS) is 17.1. The lowest BCUT2D eigenvalue weighted by molar-refractivity contribution is -0.173. The molecule has 3 aromatic carbocycles. The average molecular weight is 661 g/mol. The minimum atomic E-state index is -2.95. The number of carbonyl (C=O) groups excluding carboxylic acids is 1. The van der Waals surface area contributed by atoms with Crippen LogP contribution in [0.25, 0.3) is 22.3 Å². The summed E-state index contributed by atoms with van der Waals surface area (Å²) in [6.45, 7) is 8.84. The lowest BCUT2D eigenvalue weighted by Crippen LogP contribution is -2.66. The second-order valence-electron chi connectivity index (χ2n) is 13.7. The number of aromatic nitrogens is 2. The fourth-order valence-electron chi connectivity index (χ4n) is 7.69. The van der Waals surface area contributed by atoms with Crippen LogP contribution in [0, 0.1) is 0 Å². The summed E-state index contributed by atoms with van der Waals surface area (Å²) in [5.41, 5.74) is 2.30. The quantitative estimate of drug-likeness (QED) is 0.177. The third-order valence-corrected chi connectivity index (χ3v) is 15.1. The van der Waals surface area contributed by atoms with Gasteiger partial charge < -0.3 is 23.6 Å². The Morgan fingerprint density at radius 1 is 0.958 bits per heavy atom.